The summed E-state index contributed by atoms with van der Waals surface area (Å²) in [7, 11) is 0. The molecule has 1 aromatic carbocycles. The quantitative estimate of drug-likeness (QED) is 0.841. The van der Waals surface area contributed by atoms with Gasteiger partial charge in [0.15, 0.2) is 0 Å². The average Bonchev–Trinajstić information content (AvgIpc) is 2.67. The minimum Gasteiger partial charge on any atom is -0.376 e. The first kappa shape index (κ1) is 17.4. The van der Waals surface area contributed by atoms with Gasteiger partial charge in [-0.3, -0.25) is 0 Å². The second-order valence-corrected chi connectivity index (χ2v) is 7.12. The van der Waals surface area contributed by atoms with E-state index >= 15 is 0 Å². The van der Waals surface area contributed by atoms with Gasteiger partial charge >= 0.3 is 6.03 Å². The summed E-state index contributed by atoms with van der Waals surface area (Å²) in [5, 5.41) is 5.69. The number of carbonyl (C=O) groups excluding carboxylic acids is 1. The summed E-state index contributed by atoms with van der Waals surface area (Å²) in [6.07, 6.45) is -0.0495. The van der Waals surface area contributed by atoms with Crippen LogP contribution < -0.4 is 15.5 Å². The number of urea groups is 1. The van der Waals surface area contributed by atoms with Gasteiger partial charge in [0.05, 0.1) is 25.9 Å². The lowest BCUT2D eigenvalue weighted by atomic mass is 10.2. The van der Waals surface area contributed by atoms with E-state index in [9.17, 15) is 4.79 Å². The zero-order valence-corrected chi connectivity index (χ0v) is 14.6. The minimum atomic E-state index is -0.179. The van der Waals surface area contributed by atoms with Crippen LogP contribution in [0.3, 0.4) is 0 Å². The Morgan fingerprint density at radius 1 is 1.17 bits per heavy atom. The number of anilines is 1. The molecule has 2 saturated heterocycles. The summed E-state index contributed by atoms with van der Waals surface area (Å²) in [6.45, 7) is 4.97. The molecule has 1 aromatic rings. The van der Waals surface area contributed by atoms with Crippen LogP contribution in [0.25, 0.3) is 0 Å². The third-order valence-corrected chi connectivity index (χ3v) is 5.08. The van der Waals surface area contributed by atoms with Crippen LogP contribution in [0, 0.1) is 0 Å². The van der Waals surface area contributed by atoms with Crippen molar-refractivity contribution in [3.63, 3.8) is 0 Å². The van der Waals surface area contributed by atoms with Gasteiger partial charge in [0.1, 0.15) is 0 Å². The maximum absolute atomic E-state index is 11.8. The van der Waals surface area contributed by atoms with E-state index in [1.54, 1.807) is 0 Å². The largest absolute Gasteiger partial charge is 0.376 e. The van der Waals surface area contributed by atoms with E-state index in [-0.39, 0.29) is 12.1 Å². The molecule has 2 N–H and O–H groups in total. The summed E-state index contributed by atoms with van der Waals surface area (Å²) in [4.78, 5) is 14.3. The molecule has 3 rings (SSSR count). The number of nitrogens with one attached hydrogen (secondary N) is 2. The molecule has 2 aliphatic heterocycles. The summed E-state index contributed by atoms with van der Waals surface area (Å²) in [5.74, 6) is 2.39. The highest BCUT2D eigenvalue weighted by molar-refractivity contribution is 7.99. The number of ether oxygens (including phenoxy) is 2. The van der Waals surface area contributed by atoms with E-state index in [4.69, 9.17) is 9.47 Å². The second-order valence-electron chi connectivity index (χ2n) is 5.90. The molecule has 0 unspecified atom stereocenters. The van der Waals surface area contributed by atoms with E-state index in [0.717, 1.165) is 18.7 Å². The highest BCUT2D eigenvalue weighted by Crippen LogP contribution is 2.19. The van der Waals surface area contributed by atoms with Crippen LogP contribution in [0.5, 0.6) is 0 Å². The Bertz CT molecular complexity index is 514. The lowest BCUT2D eigenvalue weighted by Crippen LogP contribution is -2.43. The van der Waals surface area contributed by atoms with E-state index in [1.807, 2.05) is 11.8 Å². The fourth-order valence-corrected chi connectivity index (χ4v) is 3.66. The maximum atomic E-state index is 11.8. The normalized spacial score (nSPS) is 21.3. The number of benzene rings is 1. The van der Waals surface area contributed by atoms with Crippen molar-refractivity contribution in [2.45, 2.75) is 12.6 Å². The first-order valence-electron chi connectivity index (χ1n) is 8.44. The molecule has 132 valence electrons. The summed E-state index contributed by atoms with van der Waals surface area (Å²) >= 11 is 2.01. The molecule has 0 spiro atoms. The van der Waals surface area contributed by atoms with Gasteiger partial charge in [-0.2, -0.15) is 11.8 Å². The van der Waals surface area contributed by atoms with Crippen molar-refractivity contribution in [2.24, 2.45) is 0 Å². The molecule has 24 heavy (non-hydrogen) atoms. The first-order valence-corrected chi connectivity index (χ1v) is 9.59. The zero-order valence-electron chi connectivity index (χ0n) is 13.8. The highest BCUT2D eigenvalue weighted by atomic mass is 32.2. The van der Waals surface area contributed by atoms with E-state index < -0.39 is 0 Å². The molecular weight excluding hydrogens is 326 g/mol. The molecular formula is C17H25N3O3S. The molecule has 0 bridgehead atoms. The zero-order chi connectivity index (χ0) is 16.6. The van der Waals surface area contributed by atoms with Gasteiger partial charge in [-0.1, -0.05) is 12.1 Å². The van der Waals surface area contributed by atoms with Crippen molar-refractivity contribution in [3.8, 4) is 0 Å². The first-order chi connectivity index (χ1) is 11.8. The number of rotatable bonds is 5. The fraction of sp³-hybridized carbons (Fsp3) is 0.588. The maximum Gasteiger partial charge on any atom is 0.315 e. The summed E-state index contributed by atoms with van der Waals surface area (Å²) in [6, 6.07) is 8.25. The van der Waals surface area contributed by atoms with Crippen molar-refractivity contribution in [3.05, 3.63) is 29.8 Å². The van der Waals surface area contributed by atoms with Gasteiger partial charge in [0.2, 0.25) is 0 Å². The highest BCUT2D eigenvalue weighted by Gasteiger charge is 2.15. The van der Waals surface area contributed by atoms with Gasteiger partial charge < -0.3 is 25.0 Å². The van der Waals surface area contributed by atoms with Gasteiger partial charge in [-0.05, 0) is 17.7 Å². The fourth-order valence-electron chi connectivity index (χ4n) is 2.75. The Kier molecular flexibility index (Phi) is 6.63. The molecule has 2 heterocycles. The molecule has 0 saturated carbocycles. The minimum absolute atomic E-state index is 0.0495. The number of thioether (sulfide) groups is 1. The van der Waals surface area contributed by atoms with Crippen LogP contribution in [-0.2, 0) is 16.0 Å². The number of nitrogens with zero attached hydrogens (tertiary/aromatic N) is 1. The molecule has 2 aliphatic rings. The lowest BCUT2D eigenvalue weighted by Gasteiger charge is -2.28. The Labute approximate surface area is 147 Å². The van der Waals surface area contributed by atoms with Crippen molar-refractivity contribution >= 4 is 23.5 Å². The molecule has 6 nitrogen and oxygen atoms in total. The van der Waals surface area contributed by atoms with E-state index in [0.29, 0.717) is 32.9 Å². The number of hydrogen-bond acceptors (Lipinski definition) is 5. The summed E-state index contributed by atoms with van der Waals surface area (Å²) in [5.41, 5.74) is 2.36. The van der Waals surface area contributed by atoms with E-state index in [2.05, 4.69) is 39.8 Å². The van der Waals surface area contributed by atoms with Gasteiger partial charge in [0, 0.05) is 43.4 Å². The molecule has 0 aromatic heterocycles. The van der Waals surface area contributed by atoms with Gasteiger partial charge in [0.25, 0.3) is 0 Å². The number of hydrogen-bond donors (Lipinski definition) is 2. The van der Waals surface area contributed by atoms with Gasteiger partial charge in [-0.15, -0.1) is 0 Å². The Hall–Kier alpha value is -1.44. The molecule has 1 atom stereocenters. The number of amides is 2. The molecule has 0 radical (unpaired) electrons. The Morgan fingerprint density at radius 2 is 1.96 bits per heavy atom. The Balaban J connectivity index is 1.38. The average molecular weight is 351 g/mol. The van der Waals surface area contributed by atoms with Crippen LogP contribution in [0.15, 0.2) is 24.3 Å². The number of carbonyl (C=O) groups is 1. The van der Waals surface area contributed by atoms with Gasteiger partial charge in [-0.25, -0.2) is 4.79 Å². The van der Waals surface area contributed by atoms with Crippen LogP contribution in [-0.4, -0.2) is 63.1 Å². The van der Waals surface area contributed by atoms with Crippen LogP contribution in [0.1, 0.15) is 5.56 Å². The van der Waals surface area contributed by atoms with Crippen molar-refractivity contribution in [1.29, 1.82) is 0 Å². The van der Waals surface area contributed by atoms with Crippen LogP contribution >= 0.6 is 11.8 Å². The third-order valence-electron chi connectivity index (χ3n) is 4.14. The monoisotopic (exact) mass is 351 g/mol. The van der Waals surface area contributed by atoms with E-state index in [1.165, 1.54) is 17.2 Å². The topological polar surface area (TPSA) is 62.8 Å². The predicted molar refractivity (Wildman–Crippen MR) is 96.8 cm³/mol. The van der Waals surface area contributed by atoms with Crippen molar-refractivity contribution in [1.82, 2.24) is 10.6 Å². The second kappa shape index (κ2) is 9.15. The van der Waals surface area contributed by atoms with Crippen LogP contribution in [0.4, 0.5) is 10.5 Å². The van der Waals surface area contributed by atoms with Crippen molar-refractivity contribution in [2.75, 3.05) is 55.9 Å². The summed E-state index contributed by atoms with van der Waals surface area (Å²) < 4.78 is 10.8. The Morgan fingerprint density at radius 3 is 2.67 bits per heavy atom. The van der Waals surface area contributed by atoms with Crippen LogP contribution in [0.2, 0.25) is 0 Å². The molecule has 2 amide bonds. The molecule has 7 heteroatoms. The third kappa shape index (κ3) is 5.29. The molecule has 0 aliphatic carbocycles. The van der Waals surface area contributed by atoms with Crippen molar-refractivity contribution < 1.29 is 14.3 Å². The standard InChI is InChI=1S/C17H25N3O3S/c21-17(19-12-16-13-22-7-8-23-16)18-11-14-1-3-15(4-2-14)20-5-9-24-10-6-20/h1-4,16H,5-13H2,(H2,18,19,21)/t16-/m1/s1. The predicted octanol–water partition coefficient (Wildman–Crippen LogP) is 1.45. The molecule has 2 fully saturated rings. The lowest BCUT2D eigenvalue weighted by molar-refractivity contribution is -0.0853. The smallest absolute Gasteiger partial charge is 0.315 e. The SMILES string of the molecule is O=C(NCc1ccc(N2CCSCC2)cc1)NC[C@@H]1COCCO1.